The number of hydrogen-bond donors (Lipinski definition) is 1. The zero-order valence-corrected chi connectivity index (χ0v) is 10.1. The van der Waals surface area contributed by atoms with Gasteiger partial charge in [0.15, 0.2) is 0 Å². The fourth-order valence-electron chi connectivity index (χ4n) is 1.57. The molecule has 1 saturated carbocycles. The monoisotopic (exact) mass is 199 g/mol. The predicted molar refractivity (Wildman–Crippen MR) is 60.5 cm³/mol. The van der Waals surface area contributed by atoms with Crippen molar-refractivity contribution in [1.29, 1.82) is 0 Å². The van der Waals surface area contributed by atoms with Crippen molar-refractivity contribution < 1.29 is 4.74 Å². The highest BCUT2D eigenvalue weighted by atomic mass is 16.5. The molecule has 1 rings (SSSR count). The average molecular weight is 199 g/mol. The van der Waals surface area contributed by atoms with Crippen LogP contribution in [0.1, 0.15) is 40.0 Å². The highest BCUT2D eigenvalue weighted by Gasteiger charge is 2.31. The van der Waals surface area contributed by atoms with Crippen LogP contribution >= 0.6 is 0 Å². The van der Waals surface area contributed by atoms with Crippen molar-refractivity contribution in [3.8, 4) is 0 Å². The highest BCUT2D eigenvalue weighted by Crippen LogP contribution is 2.33. The lowest BCUT2D eigenvalue weighted by Gasteiger charge is -2.27. The summed E-state index contributed by atoms with van der Waals surface area (Å²) in [7, 11) is 1.79. The van der Waals surface area contributed by atoms with E-state index in [1.165, 1.54) is 19.3 Å². The molecule has 0 bridgehead atoms. The van der Waals surface area contributed by atoms with Crippen LogP contribution in [0.5, 0.6) is 0 Å². The van der Waals surface area contributed by atoms with Gasteiger partial charge in [-0.2, -0.15) is 0 Å². The number of ether oxygens (including phenoxy) is 1. The molecule has 1 atom stereocenters. The van der Waals surface area contributed by atoms with E-state index in [1.807, 2.05) is 0 Å². The zero-order valence-electron chi connectivity index (χ0n) is 10.1. The second-order valence-electron chi connectivity index (χ2n) is 5.30. The van der Waals surface area contributed by atoms with E-state index in [9.17, 15) is 0 Å². The smallest absolute Gasteiger partial charge is 0.0618 e. The Hall–Kier alpha value is -0.0800. The molecule has 0 radical (unpaired) electrons. The molecule has 2 nitrogen and oxygen atoms in total. The van der Waals surface area contributed by atoms with Gasteiger partial charge in [0.2, 0.25) is 0 Å². The maximum absolute atomic E-state index is 5.24. The summed E-state index contributed by atoms with van der Waals surface area (Å²) in [5.74, 6) is 0.877. The Bertz CT molecular complexity index is 164. The molecule has 14 heavy (non-hydrogen) atoms. The van der Waals surface area contributed by atoms with E-state index in [0.29, 0.717) is 11.5 Å². The van der Waals surface area contributed by atoms with Crippen LogP contribution in [0.15, 0.2) is 0 Å². The normalized spacial score (nSPS) is 19.7. The molecule has 1 N–H and O–H groups in total. The molecule has 1 fully saturated rings. The third-order valence-corrected chi connectivity index (χ3v) is 3.34. The fraction of sp³-hybridized carbons (Fsp3) is 1.00. The Kier molecular flexibility index (Phi) is 4.39. The molecule has 0 heterocycles. The predicted octanol–water partition coefficient (Wildman–Crippen LogP) is 2.44. The molecule has 0 aromatic heterocycles. The van der Waals surface area contributed by atoms with Gasteiger partial charge in [0.25, 0.3) is 0 Å². The van der Waals surface area contributed by atoms with Crippen molar-refractivity contribution in [3.05, 3.63) is 0 Å². The quantitative estimate of drug-likeness (QED) is 0.680. The van der Waals surface area contributed by atoms with Gasteiger partial charge in [-0.25, -0.2) is 0 Å². The van der Waals surface area contributed by atoms with Gasteiger partial charge < -0.3 is 10.1 Å². The van der Waals surface area contributed by atoms with Gasteiger partial charge in [0.1, 0.15) is 0 Å². The molecular formula is C12H25NO. The molecular weight excluding hydrogens is 174 g/mol. The van der Waals surface area contributed by atoms with Crippen LogP contribution < -0.4 is 5.32 Å². The standard InChI is InChI=1S/C12H25NO/c1-5-12(2,3)9-13-11(8-14-4)10-6-7-10/h10-11,13H,5-9H2,1-4H3. The Labute approximate surface area is 88.4 Å². The largest absolute Gasteiger partial charge is 0.383 e. The van der Waals surface area contributed by atoms with Crippen molar-refractivity contribution in [1.82, 2.24) is 5.32 Å². The van der Waals surface area contributed by atoms with E-state index in [4.69, 9.17) is 4.74 Å². The van der Waals surface area contributed by atoms with Crippen LogP contribution in [-0.2, 0) is 4.74 Å². The van der Waals surface area contributed by atoms with E-state index in [2.05, 4.69) is 26.1 Å². The van der Waals surface area contributed by atoms with Crippen molar-refractivity contribution in [2.45, 2.75) is 46.1 Å². The summed E-state index contributed by atoms with van der Waals surface area (Å²) in [4.78, 5) is 0. The first-order valence-corrected chi connectivity index (χ1v) is 5.81. The van der Waals surface area contributed by atoms with E-state index < -0.39 is 0 Å². The molecule has 0 aromatic carbocycles. The minimum atomic E-state index is 0.418. The molecule has 0 aliphatic heterocycles. The fourth-order valence-corrected chi connectivity index (χ4v) is 1.57. The van der Waals surface area contributed by atoms with Crippen molar-refractivity contribution in [2.75, 3.05) is 20.3 Å². The number of nitrogens with one attached hydrogen (secondary N) is 1. The molecule has 0 amide bonds. The summed E-state index contributed by atoms with van der Waals surface area (Å²) in [6.45, 7) is 8.86. The SMILES string of the molecule is CCC(C)(C)CNC(COC)C1CC1. The summed E-state index contributed by atoms with van der Waals surface area (Å²) >= 11 is 0. The zero-order chi connectivity index (χ0) is 10.6. The molecule has 1 unspecified atom stereocenters. The van der Waals surface area contributed by atoms with E-state index in [0.717, 1.165) is 19.1 Å². The summed E-state index contributed by atoms with van der Waals surface area (Å²) in [6, 6.07) is 0.589. The van der Waals surface area contributed by atoms with Crippen LogP contribution in [0.2, 0.25) is 0 Å². The first kappa shape index (κ1) is 12.0. The van der Waals surface area contributed by atoms with Gasteiger partial charge in [-0.15, -0.1) is 0 Å². The maximum Gasteiger partial charge on any atom is 0.0618 e. The molecule has 1 aliphatic rings. The molecule has 1 aliphatic carbocycles. The van der Waals surface area contributed by atoms with Crippen molar-refractivity contribution in [2.24, 2.45) is 11.3 Å². The van der Waals surface area contributed by atoms with Gasteiger partial charge in [-0.3, -0.25) is 0 Å². The summed E-state index contributed by atoms with van der Waals surface area (Å²) < 4.78 is 5.24. The molecule has 0 saturated heterocycles. The third kappa shape index (κ3) is 3.97. The average Bonchev–Trinajstić information content (AvgIpc) is 2.95. The Morgan fingerprint density at radius 1 is 1.43 bits per heavy atom. The van der Waals surface area contributed by atoms with Crippen LogP contribution in [0.25, 0.3) is 0 Å². The van der Waals surface area contributed by atoms with Crippen LogP contribution in [0.4, 0.5) is 0 Å². The minimum absolute atomic E-state index is 0.418. The minimum Gasteiger partial charge on any atom is -0.383 e. The Morgan fingerprint density at radius 2 is 2.07 bits per heavy atom. The molecule has 0 spiro atoms. The van der Waals surface area contributed by atoms with Gasteiger partial charge in [-0.05, 0) is 30.6 Å². The maximum atomic E-state index is 5.24. The topological polar surface area (TPSA) is 21.3 Å². The van der Waals surface area contributed by atoms with Crippen LogP contribution in [0.3, 0.4) is 0 Å². The van der Waals surface area contributed by atoms with Crippen LogP contribution in [0, 0.1) is 11.3 Å². The molecule has 84 valence electrons. The number of methoxy groups -OCH3 is 1. The number of rotatable bonds is 7. The Morgan fingerprint density at radius 3 is 2.50 bits per heavy atom. The third-order valence-electron chi connectivity index (χ3n) is 3.34. The van der Waals surface area contributed by atoms with Gasteiger partial charge in [0, 0.05) is 19.7 Å². The first-order valence-electron chi connectivity index (χ1n) is 5.81. The summed E-state index contributed by atoms with van der Waals surface area (Å²) in [6.07, 6.45) is 3.99. The molecule has 0 aromatic rings. The summed E-state index contributed by atoms with van der Waals surface area (Å²) in [5, 5.41) is 3.65. The molecule has 2 heteroatoms. The summed E-state index contributed by atoms with van der Waals surface area (Å²) in [5.41, 5.74) is 0.418. The lowest BCUT2D eigenvalue weighted by molar-refractivity contribution is 0.149. The van der Waals surface area contributed by atoms with E-state index in [-0.39, 0.29) is 0 Å². The van der Waals surface area contributed by atoms with Crippen molar-refractivity contribution in [3.63, 3.8) is 0 Å². The second-order valence-corrected chi connectivity index (χ2v) is 5.30. The lowest BCUT2D eigenvalue weighted by atomic mass is 9.90. The Balaban J connectivity index is 2.25. The second kappa shape index (κ2) is 5.13. The van der Waals surface area contributed by atoms with Crippen LogP contribution in [-0.4, -0.2) is 26.3 Å². The van der Waals surface area contributed by atoms with Gasteiger partial charge >= 0.3 is 0 Å². The van der Waals surface area contributed by atoms with E-state index in [1.54, 1.807) is 7.11 Å². The highest BCUT2D eigenvalue weighted by molar-refractivity contribution is 4.87. The number of hydrogen-bond acceptors (Lipinski definition) is 2. The van der Waals surface area contributed by atoms with E-state index >= 15 is 0 Å². The van der Waals surface area contributed by atoms with Gasteiger partial charge in [-0.1, -0.05) is 20.8 Å². The lowest BCUT2D eigenvalue weighted by Crippen LogP contribution is -2.40. The van der Waals surface area contributed by atoms with Gasteiger partial charge in [0.05, 0.1) is 6.61 Å². The van der Waals surface area contributed by atoms with Crippen molar-refractivity contribution >= 4 is 0 Å². The first-order chi connectivity index (χ1) is 6.59.